The van der Waals surface area contributed by atoms with Crippen molar-refractivity contribution < 1.29 is 4.74 Å². The Morgan fingerprint density at radius 3 is 3.00 bits per heavy atom. The lowest BCUT2D eigenvalue weighted by Gasteiger charge is -2.24. The summed E-state index contributed by atoms with van der Waals surface area (Å²) in [6, 6.07) is 0. The molecule has 0 aromatic carbocycles. The largest absolute Gasteiger partial charge is 0.381 e. The number of likely N-dealkylation sites (tertiary alicyclic amines) is 1. The molecule has 0 saturated carbocycles. The third kappa shape index (κ3) is 2.92. The van der Waals surface area contributed by atoms with E-state index in [1.54, 1.807) is 0 Å². The average Bonchev–Trinajstić information content (AvgIpc) is 2.96. The van der Waals surface area contributed by atoms with Crippen molar-refractivity contribution in [2.24, 2.45) is 10.4 Å². The molecule has 1 atom stereocenters. The quantitative estimate of drug-likeness (QED) is 0.460. The third-order valence-electron chi connectivity index (χ3n) is 3.95. The van der Waals surface area contributed by atoms with E-state index in [0.717, 1.165) is 38.8 Å². The van der Waals surface area contributed by atoms with Crippen LogP contribution in [0.5, 0.6) is 0 Å². The second-order valence-corrected chi connectivity index (χ2v) is 5.30. The van der Waals surface area contributed by atoms with E-state index in [9.17, 15) is 0 Å². The zero-order valence-electron chi connectivity index (χ0n) is 11.2. The molecule has 17 heavy (non-hydrogen) atoms. The van der Waals surface area contributed by atoms with Crippen LogP contribution in [0, 0.1) is 5.41 Å². The lowest BCUT2D eigenvalue weighted by molar-refractivity contribution is 0.156. The number of nitrogens with one attached hydrogen (secondary N) is 1. The van der Waals surface area contributed by atoms with E-state index in [1.807, 2.05) is 7.05 Å². The van der Waals surface area contributed by atoms with Crippen LogP contribution in [-0.4, -0.2) is 50.8 Å². The van der Waals surface area contributed by atoms with Crippen molar-refractivity contribution in [2.45, 2.75) is 32.6 Å². The molecule has 2 rings (SSSR count). The minimum Gasteiger partial charge on any atom is -0.381 e. The number of guanidine groups is 1. The number of unbranched alkanes of at least 4 members (excludes halogenated alkanes) is 1. The van der Waals surface area contributed by atoms with E-state index >= 15 is 0 Å². The van der Waals surface area contributed by atoms with Gasteiger partial charge in [0, 0.05) is 38.7 Å². The molecule has 2 saturated heterocycles. The van der Waals surface area contributed by atoms with Gasteiger partial charge in [-0.3, -0.25) is 4.99 Å². The Hall–Kier alpha value is -0.770. The van der Waals surface area contributed by atoms with Crippen molar-refractivity contribution in [3.05, 3.63) is 0 Å². The number of aliphatic imine (C=N–C) groups is 1. The molecule has 1 spiro atoms. The number of rotatable bonds is 3. The van der Waals surface area contributed by atoms with Gasteiger partial charge < -0.3 is 15.0 Å². The minimum atomic E-state index is 0.419. The first-order valence-corrected chi connectivity index (χ1v) is 6.83. The Morgan fingerprint density at radius 1 is 1.47 bits per heavy atom. The Balaban J connectivity index is 1.85. The van der Waals surface area contributed by atoms with E-state index in [1.165, 1.54) is 25.7 Å². The van der Waals surface area contributed by atoms with Crippen molar-refractivity contribution in [1.29, 1.82) is 0 Å². The molecule has 2 aliphatic rings. The maximum Gasteiger partial charge on any atom is 0.193 e. The van der Waals surface area contributed by atoms with Crippen LogP contribution >= 0.6 is 0 Å². The summed E-state index contributed by atoms with van der Waals surface area (Å²) in [5, 5.41) is 3.45. The molecule has 0 bridgehead atoms. The van der Waals surface area contributed by atoms with Gasteiger partial charge in [0.25, 0.3) is 0 Å². The summed E-state index contributed by atoms with van der Waals surface area (Å²) in [5.74, 6) is 1.07. The highest BCUT2D eigenvalue weighted by molar-refractivity contribution is 5.80. The summed E-state index contributed by atoms with van der Waals surface area (Å²) in [4.78, 5) is 6.78. The summed E-state index contributed by atoms with van der Waals surface area (Å²) in [5.41, 5.74) is 0.419. The average molecular weight is 239 g/mol. The van der Waals surface area contributed by atoms with Crippen LogP contribution in [0.3, 0.4) is 0 Å². The first kappa shape index (κ1) is 12.7. The van der Waals surface area contributed by atoms with E-state index in [-0.39, 0.29) is 0 Å². The molecular weight excluding hydrogens is 214 g/mol. The molecule has 4 heteroatoms. The molecule has 1 N–H and O–H groups in total. The number of hydrogen-bond donors (Lipinski definition) is 1. The predicted molar refractivity (Wildman–Crippen MR) is 70.3 cm³/mol. The van der Waals surface area contributed by atoms with Crippen LogP contribution < -0.4 is 5.32 Å². The van der Waals surface area contributed by atoms with Crippen LogP contribution in [-0.2, 0) is 4.74 Å². The monoisotopic (exact) mass is 239 g/mol. The first-order valence-electron chi connectivity index (χ1n) is 6.83. The van der Waals surface area contributed by atoms with E-state index < -0.39 is 0 Å². The molecule has 0 amide bonds. The molecule has 2 heterocycles. The van der Waals surface area contributed by atoms with Gasteiger partial charge in [0.05, 0.1) is 6.61 Å². The summed E-state index contributed by atoms with van der Waals surface area (Å²) >= 11 is 0. The molecule has 0 aromatic heterocycles. The first-order chi connectivity index (χ1) is 8.29. The lowest BCUT2D eigenvalue weighted by atomic mass is 9.87. The summed E-state index contributed by atoms with van der Waals surface area (Å²) in [6.07, 6.45) is 4.90. The Morgan fingerprint density at radius 2 is 2.35 bits per heavy atom. The van der Waals surface area contributed by atoms with Gasteiger partial charge in [0.1, 0.15) is 0 Å². The number of nitrogens with zero attached hydrogens (tertiary/aromatic N) is 2. The highest BCUT2D eigenvalue weighted by atomic mass is 16.5. The van der Waals surface area contributed by atoms with Gasteiger partial charge in [0.15, 0.2) is 5.96 Å². The fraction of sp³-hybridized carbons (Fsp3) is 0.923. The highest BCUT2D eigenvalue weighted by Crippen LogP contribution is 2.38. The van der Waals surface area contributed by atoms with Gasteiger partial charge in [-0.1, -0.05) is 13.3 Å². The highest BCUT2D eigenvalue weighted by Gasteiger charge is 2.42. The zero-order valence-corrected chi connectivity index (χ0v) is 11.2. The van der Waals surface area contributed by atoms with Crippen LogP contribution in [0.25, 0.3) is 0 Å². The molecule has 0 aromatic rings. The standard InChI is InChI=1S/C13H25N3O/c1-3-4-7-15-12(14-2)16-8-5-13(10-16)6-9-17-11-13/h3-11H2,1-2H3,(H,14,15). The van der Waals surface area contributed by atoms with E-state index in [2.05, 4.69) is 22.1 Å². The number of ether oxygens (including phenoxy) is 1. The van der Waals surface area contributed by atoms with Crippen molar-refractivity contribution in [1.82, 2.24) is 10.2 Å². The molecule has 1 unspecified atom stereocenters. The van der Waals surface area contributed by atoms with Gasteiger partial charge in [0.2, 0.25) is 0 Å². The molecule has 4 nitrogen and oxygen atoms in total. The van der Waals surface area contributed by atoms with Gasteiger partial charge in [-0.25, -0.2) is 0 Å². The second kappa shape index (κ2) is 5.71. The van der Waals surface area contributed by atoms with E-state index in [0.29, 0.717) is 5.41 Å². The van der Waals surface area contributed by atoms with Crippen molar-refractivity contribution in [3.63, 3.8) is 0 Å². The van der Waals surface area contributed by atoms with Crippen LogP contribution in [0.2, 0.25) is 0 Å². The molecule has 2 aliphatic heterocycles. The summed E-state index contributed by atoms with van der Waals surface area (Å²) in [7, 11) is 1.88. The smallest absolute Gasteiger partial charge is 0.193 e. The van der Waals surface area contributed by atoms with Gasteiger partial charge in [-0.05, 0) is 19.3 Å². The minimum absolute atomic E-state index is 0.419. The fourth-order valence-corrected chi connectivity index (χ4v) is 2.80. The normalized spacial score (nSPS) is 29.3. The van der Waals surface area contributed by atoms with E-state index in [4.69, 9.17) is 4.74 Å². The molecule has 0 aliphatic carbocycles. The Bertz CT molecular complexity index is 272. The topological polar surface area (TPSA) is 36.9 Å². The van der Waals surface area contributed by atoms with Crippen LogP contribution in [0.1, 0.15) is 32.6 Å². The molecule has 98 valence electrons. The SMILES string of the molecule is CCCCNC(=NC)N1CCC2(CCOC2)C1. The maximum atomic E-state index is 5.56. The summed E-state index contributed by atoms with van der Waals surface area (Å²) in [6.45, 7) is 7.35. The molecule has 2 fully saturated rings. The summed E-state index contributed by atoms with van der Waals surface area (Å²) < 4.78 is 5.56. The van der Waals surface area contributed by atoms with Crippen molar-refractivity contribution in [2.75, 3.05) is 39.9 Å². The van der Waals surface area contributed by atoms with Crippen molar-refractivity contribution >= 4 is 5.96 Å². The molecule has 0 radical (unpaired) electrons. The fourth-order valence-electron chi connectivity index (χ4n) is 2.80. The lowest BCUT2D eigenvalue weighted by Crippen LogP contribution is -2.41. The predicted octanol–water partition coefficient (Wildman–Crippen LogP) is 1.47. The maximum absolute atomic E-state index is 5.56. The number of hydrogen-bond acceptors (Lipinski definition) is 2. The van der Waals surface area contributed by atoms with Gasteiger partial charge >= 0.3 is 0 Å². The molecular formula is C13H25N3O. The zero-order chi connectivity index (χ0) is 12.1. The van der Waals surface area contributed by atoms with Crippen molar-refractivity contribution in [3.8, 4) is 0 Å². The Kier molecular flexibility index (Phi) is 4.26. The second-order valence-electron chi connectivity index (χ2n) is 5.30. The van der Waals surface area contributed by atoms with Crippen LogP contribution in [0.4, 0.5) is 0 Å². The third-order valence-corrected chi connectivity index (χ3v) is 3.95. The Labute approximate surface area is 104 Å². The van der Waals surface area contributed by atoms with Crippen LogP contribution in [0.15, 0.2) is 4.99 Å². The van der Waals surface area contributed by atoms with Gasteiger partial charge in [-0.2, -0.15) is 0 Å². The van der Waals surface area contributed by atoms with Gasteiger partial charge in [-0.15, -0.1) is 0 Å².